The number of nitrogens with zero attached hydrogens (tertiary/aromatic N) is 3. The number of ether oxygens (including phenoxy) is 1. The molecule has 0 N–H and O–H groups in total. The molecule has 7 nitrogen and oxygen atoms in total. The lowest BCUT2D eigenvalue weighted by Crippen LogP contribution is -2.36. The maximum Gasteiger partial charge on any atom is 0.419 e. The van der Waals surface area contributed by atoms with Crippen LogP contribution in [0.3, 0.4) is 0 Å². The molecular formula is C18H25N3O4. The van der Waals surface area contributed by atoms with Crippen LogP contribution < -0.4 is 5.76 Å². The van der Waals surface area contributed by atoms with E-state index in [0.29, 0.717) is 25.2 Å². The highest BCUT2D eigenvalue weighted by Crippen LogP contribution is 2.13. The van der Waals surface area contributed by atoms with Crippen LogP contribution in [0, 0.1) is 0 Å². The summed E-state index contributed by atoms with van der Waals surface area (Å²) >= 11 is 0. The second kappa shape index (κ2) is 8.31. The van der Waals surface area contributed by atoms with E-state index in [-0.39, 0.29) is 5.91 Å². The number of aromatic nitrogens is 1. The van der Waals surface area contributed by atoms with E-state index >= 15 is 0 Å². The van der Waals surface area contributed by atoms with Crippen LogP contribution in [0.1, 0.15) is 12.8 Å². The van der Waals surface area contributed by atoms with Crippen LogP contribution in [0.15, 0.2) is 33.5 Å². The maximum absolute atomic E-state index is 12.6. The highest BCUT2D eigenvalue weighted by molar-refractivity contribution is 5.77. The molecule has 0 aliphatic carbocycles. The first-order valence-corrected chi connectivity index (χ1v) is 8.76. The van der Waals surface area contributed by atoms with E-state index in [2.05, 4.69) is 4.90 Å². The summed E-state index contributed by atoms with van der Waals surface area (Å²) in [7, 11) is 1.70. The minimum absolute atomic E-state index is 0.0887. The lowest BCUT2D eigenvalue weighted by Gasteiger charge is -2.21. The van der Waals surface area contributed by atoms with Gasteiger partial charge in [-0.2, -0.15) is 0 Å². The predicted octanol–water partition coefficient (Wildman–Crippen LogP) is 1.17. The third kappa shape index (κ3) is 4.29. The highest BCUT2D eigenvalue weighted by Gasteiger charge is 2.19. The van der Waals surface area contributed by atoms with Gasteiger partial charge < -0.3 is 14.1 Å². The van der Waals surface area contributed by atoms with Crippen LogP contribution in [0.25, 0.3) is 11.1 Å². The van der Waals surface area contributed by atoms with Crippen molar-refractivity contribution in [1.29, 1.82) is 0 Å². The first kappa shape index (κ1) is 17.7. The van der Waals surface area contributed by atoms with Gasteiger partial charge in [0.25, 0.3) is 0 Å². The van der Waals surface area contributed by atoms with Gasteiger partial charge in [-0.25, -0.2) is 4.79 Å². The summed E-state index contributed by atoms with van der Waals surface area (Å²) in [5.74, 6) is -0.318. The zero-order valence-electron chi connectivity index (χ0n) is 14.6. The quantitative estimate of drug-likeness (QED) is 0.785. The monoisotopic (exact) mass is 347 g/mol. The zero-order chi connectivity index (χ0) is 17.6. The maximum atomic E-state index is 12.6. The van der Waals surface area contributed by atoms with Gasteiger partial charge >= 0.3 is 5.76 Å². The normalized spacial score (nSPS) is 16.3. The van der Waals surface area contributed by atoms with Gasteiger partial charge in [-0.05, 0) is 25.1 Å². The molecule has 2 aromatic rings. The van der Waals surface area contributed by atoms with E-state index in [1.165, 1.54) is 4.57 Å². The molecule has 1 aromatic heterocycles. The molecule has 1 aromatic carbocycles. The lowest BCUT2D eigenvalue weighted by molar-refractivity contribution is -0.131. The van der Waals surface area contributed by atoms with E-state index in [4.69, 9.17) is 9.15 Å². The Morgan fingerprint density at radius 1 is 1.16 bits per heavy atom. The van der Waals surface area contributed by atoms with Crippen LogP contribution in [0.4, 0.5) is 0 Å². The van der Waals surface area contributed by atoms with E-state index in [1.807, 2.05) is 23.1 Å². The fraction of sp³-hybridized carbons (Fsp3) is 0.556. The third-order valence-electron chi connectivity index (χ3n) is 4.68. The predicted molar refractivity (Wildman–Crippen MR) is 94.6 cm³/mol. The van der Waals surface area contributed by atoms with E-state index in [0.717, 1.165) is 44.7 Å². The van der Waals surface area contributed by atoms with Crippen molar-refractivity contribution in [3.8, 4) is 0 Å². The molecule has 2 heterocycles. The molecule has 0 spiro atoms. The number of benzene rings is 1. The van der Waals surface area contributed by atoms with E-state index < -0.39 is 5.76 Å². The van der Waals surface area contributed by atoms with Crippen LogP contribution in [-0.4, -0.2) is 66.7 Å². The Balaban J connectivity index is 1.57. The van der Waals surface area contributed by atoms with Gasteiger partial charge in [-0.15, -0.1) is 0 Å². The summed E-state index contributed by atoms with van der Waals surface area (Å²) in [6, 6.07) is 7.29. The molecular weight excluding hydrogens is 322 g/mol. The summed E-state index contributed by atoms with van der Waals surface area (Å²) in [6.07, 6.45) is 1.27. The molecule has 3 rings (SSSR count). The number of aryl methyl sites for hydroxylation is 1. The average molecular weight is 347 g/mol. The first-order chi connectivity index (χ1) is 12.2. The second-order valence-corrected chi connectivity index (χ2v) is 6.31. The topological polar surface area (TPSA) is 67.9 Å². The van der Waals surface area contributed by atoms with Crippen molar-refractivity contribution >= 4 is 17.0 Å². The van der Waals surface area contributed by atoms with E-state index in [9.17, 15) is 9.59 Å². The second-order valence-electron chi connectivity index (χ2n) is 6.31. The standard InChI is InChI=1S/C18H25N3O4/c1-24-14-13-19-8-4-9-20(12-11-19)17(22)7-10-21-15-5-2-3-6-16(15)25-18(21)23/h2-3,5-6H,4,7-14H2,1H3. The number of carbonyl (C=O) groups is 1. The Bertz CT molecular complexity index is 767. The number of hydrogen-bond acceptors (Lipinski definition) is 5. The molecule has 7 heteroatoms. The average Bonchev–Trinajstić information content (AvgIpc) is 2.79. The Labute approximate surface area is 146 Å². The van der Waals surface area contributed by atoms with Crippen LogP contribution in [0.5, 0.6) is 0 Å². The third-order valence-corrected chi connectivity index (χ3v) is 4.68. The number of oxazole rings is 1. The Morgan fingerprint density at radius 2 is 2.00 bits per heavy atom. The van der Waals surface area contributed by atoms with Crippen LogP contribution in [0.2, 0.25) is 0 Å². The fourth-order valence-corrected chi connectivity index (χ4v) is 3.26. The number of carbonyl (C=O) groups excluding carboxylic acids is 1. The van der Waals surface area contributed by atoms with Crippen molar-refractivity contribution < 1.29 is 13.9 Å². The van der Waals surface area contributed by atoms with Crippen molar-refractivity contribution in [1.82, 2.24) is 14.4 Å². The van der Waals surface area contributed by atoms with E-state index in [1.54, 1.807) is 13.2 Å². The highest BCUT2D eigenvalue weighted by atomic mass is 16.5. The summed E-state index contributed by atoms with van der Waals surface area (Å²) < 4.78 is 11.9. The van der Waals surface area contributed by atoms with Crippen LogP contribution >= 0.6 is 0 Å². The number of rotatable bonds is 6. The zero-order valence-corrected chi connectivity index (χ0v) is 14.6. The van der Waals surface area contributed by atoms with Gasteiger partial charge in [0.1, 0.15) is 0 Å². The number of methoxy groups -OCH3 is 1. The molecule has 1 aliphatic heterocycles. The molecule has 25 heavy (non-hydrogen) atoms. The summed E-state index contributed by atoms with van der Waals surface area (Å²) in [5, 5.41) is 0. The first-order valence-electron chi connectivity index (χ1n) is 8.76. The number of hydrogen-bond donors (Lipinski definition) is 0. The van der Waals surface area contributed by atoms with Crippen molar-refractivity contribution in [2.24, 2.45) is 0 Å². The van der Waals surface area contributed by atoms with Gasteiger partial charge in [0.15, 0.2) is 5.58 Å². The SMILES string of the molecule is COCCN1CCCN(C(=O)CCn2c(=O)oc3ccccc32)CC1. The summed E-state index contributed by atoms with van der Waals surface area (Å²) in [5.41, 5.74) is 1.30. The minimum Gasteiger partial charge on any atom is -0.408 e. The van der Waals surface area contributed by atoms with Crippen LogP contribution in [-0.2, 0) is 16.1 Å². The van der Waals surface area contributed by atoms with Gasteiger partial charge in [0, 0.05) is 46.3 Å². The molecule has 0 bridgehead atoms. The Hall–Kier alpha value is -2.12. The van der Waals surface area contributed by atoms with Crippen molar-refractivity contribution in [2.45, 2.75) is 19.4 Å². The molecule has 0 unspecified atom stereocenters. The fourth-order valence-electron chi connectivity index (χ4n) is 3.26. The Kier molecular flexibility index (Phi) is 5.88. The van der Waals surface area contributed by atoms with Gasteiger partial charge in [0.2, 0.25) is 5.91 Å². The molecule has 0 saturated carbocycles. The largest absolute Gasteiger partial charge is 0.419 e. The number of fused-ring (bicyclic) bond motifs is 1. The number of amides is 1. The minimum atomic E-state index is -0.407. The molecule has 1 fully saturated rings. The van der Waals surface area contributed by atoms with Crippen molar-refractivity contribution in [3.63, 3.8) is 0 Å². The Morgan fingerprint density at radius 3 is 2.84 bits per heavy atom. The lowest BCUT2D eigenvalue weighted by atomic mass is 10.3. The molecule has 1 saturated heterocycles. The van der Waals surface area contributed by atoms with Gasteiger partial charge in [-0.3, -0.25) is 14.3 Å². The molecule has 1 aliphatic rings. The van der Waals surface area contributed by atoms with Gasteiger partial charge in [-0.1, -0.05) is 12.1 Å². The number of para-hydroxylation sites is 2. The van der Waals surface area contributed by atoms with Gasteiger partial charge in [0.05, 0.1) is 12.1 Å². The molecule has 1 amide bonds. The molecule has 136 valence electrons. The summed E-state index contributed by atoms with van der Waals surface area (Å²) in [4.78, 5) is 28.8. The van der Waals surface area contributed by atoms with Crippen molar-refractivity contribution in [2.75, 3.05) is 46.4 Å². The molecule has 0 atom stereocenters. The summed E-state index contributed by atoms with van der Waals surface area (Å²) in [6.45, 7) is 5.30. The van der Waals surface area contributed by atoms with Crippen molar-refractivity contribution in [3.05, 3.63) is 34.8 Å². The molecule has 0 radical (unpaired) electrons. The smallest absolute Gasteiger partial charge is 0.408 e.